The van der Waals surface area contributed by atoms with Crippen LogP contribution in [-0.4, -0.2) is 23.0 Å². The van der Waals surface area contributed by atoms with Crippen molar-refractivity contribution in [1.82, 2.24) is 9.97 Å². The van der Waals surface area contributed by atoms with Crippen LogP contribution >= 0.6 is 11.6 Å². The maximum Gasteiger partial charge on any atom is 0.258 e. The first-order valence-electron chi connectivity index (χ1n) is 5.98. The molecule has 0 radical (unpaired) electrons. The molecule has 104 valence electrons. The lowest BCUT2D eigenvalue weighted by Gasteiger charge is -2.07. The number of hydrogen-bond donors (Lipinski definition) is 1. The quantitative estimate of drug-likeness (QED) is 0.880. The molecule has 1 aromatic heterocycles. The molecular weight excluding hydrogens is 278 g/mol. The zero-order chi connectivity index (χ0) is 14.5. The van der Waals surface area contributed by atoms with Gasteiger partial charge >= 0.3 is 0 Å². The molecule has 1 N–H and O–H groups in total. The molecule has 0 saturated carbocycles. The number of halogens is 1. The number of methoxy groups -OCH3 is 1. The molecule has 0 aliphatic carbocycles. The van der Waals surface area contributed by atoms with E-state index in [-0.39, 0.29) is 11.9 Å². The molecule has 0 spiro atoms. The van der Waals surface area contributed by atoms with Gasteiger partial charge in [-0.3, -0.25) is 10.1 Å². The Bertz CT molecular complexity index is 632. The molecule has 0 fully saturated rings. The molecule has 0 atom stereocenters. The zero-order valence-corrected chi connectivity index (χ0v) is 11.9. The second-order valence-corrected chi connectivity index (χ2v) is 4.43. The Balaban J connectivity index is 2.20. The predicted molar refractivity (Wildman–Crippen MR) is 77.3 cm³/mol. The zero-order valence-electron chi connectivity index (χ0n) is 11.2. The van der Waals surface area contributed by atoms with E-state index in [1.807, 2.05) is 6.07 Å². The fourth-order valence-corrected chi connectivity index (χ4v) is 1.84. The van der Waals surface area contributed by atoms with Gasteiger partial charge in [-0.05, 0) is 24.6 Å². The lowest BCUT2D eigenvalue weighted by molar-refractivity contribution is 0.102. The van der Waals surface area contributed by atoms with Crippen molar-refractivity contribution in [3.05, 3.63) is 47.2 Å². The summed E-state index contributed by atoms with van der Waals surface area (Å²) in [5.74, 6) is 0.686. The fraction of sp³-hybridized carbons (Fsp3) is 0.214. The summed E-state index contributed by atoms with van der Waals surface area (Å²) in [7, 11) is 1.51. The lowest BCUT2D eigenvalue weighted by atomic mass is 10.1. The van der Waals surface area contributed by atoms with E-state index in [2.05, 4.69) is 15.3 Å². The highest BCUT2D eigenvalue weighted by molar-refractivity contribution is 6.17. The summed E-state index contributed by atoms with van der Waals surface area (Å²) in [6, 6.07) is 8.76. The Morgan fingerprint density at radius 2 is 2.15 bits per heavy atom. The van der Waals surface area contributed by atoms with Gasteiger partial charge in [0.05, 0.1) is 7.11 Å². The van der Waals surface area contributed by atoms with Crippen LogP contribution in [0, 0.1) is 6.92 Å². The van der Waals surface area contributed by atoms with Crippen LogP contribution in [0.2, 0.25) is 0 Å². The molecule has 1 heterocycles. The second kappa shape index (κ2) is 6.34. The van der Waals surface area contributed by atoms with Crippen molar-refractivity contribution < 1.29 is 9.53 Å². The standard InChI is InChI=1S/C14H14ClN3O2/c1-9-6-12(20-2)17-14(16-9)18-13(19)11-5-3-4-10(7-11)8-15/h3-7H,8H2,1-2H3,(H,16,17,18,19). The van der Waals surface area contributed by atoms with Crippen molar-refractivity contribution in [2.75, 3.05) is 12.4 Å². The first-order chi connectivity index (χ1) is 9.62. The van der Waals surface area contributed by atoms with Crippen molar-refractivity contribution in [2.45, 2.75) is 12.8 Å². The molecule has 5 nitrogen and oxygen atoms in total. The SMILES string of the molecule is COc1cc(C)nc(NC(=O)c2cccc(CCl)c2)n1. The normalized spacial score (nSPS) is 10.2. The number of hydrogen-bond acceptors (Lipinski definition) is 4. The number of alkyl halides is 1. The van der Waals surface area contributed by atoms with Crippen molar-refractivity contribution in [2.24, 2.45) is 0 Å². The van der Waals surface area contributed by atoms with Crippen molar-refractivity contribution in [1.29, 1.82) is 0 Å². The van der Waals surface area contributed by atoms with E-state index >= 15 is 0 Å². The van der Waals surface area contributed by atoms with E-state index in [0.29, 0.717) is 23.0 Å². The number of carbonyl (C=O) groups excluding carboxylic acids is 1. The number of rotatable bonds is 4. The minimum Gasteiger partial charge on any atom is -0.481 e. The van der Waals surface area contributed by atoms with Crippen LogP contribution in [-0.2, 0) is 5.88 Å². The monoisotopic (exact) mass is 291 g/mol. The van der Waals surface area contributed by atoms with Crippen LogP contribution in [0.5, 0.6) is 5.88 Å². The summed E-state index contributed by atoms with van der Waals surface area (Å²) >= 11 is 5.75. The van der Waals surface area contributed by atoms with Crippen molar-refractivity contribution in [3.63, 3.8) is 0 Å². The van der Waals surface area contributed by atoms with Crippen LogP contribution in [0.25, 0.3) is 0 Å². The van der Waals surface area contributed by atoms with Gasteiger partial charge in [0, 0.05) is 23.2 Å². The second-order valence-electron chi connectivity index (χ2n) is 4.16. The van der Waals surface area contributed by atoms with E-state index in [1.54, 1.807) is 31.2 Å². The predicted octanol–water partition coefficient (Wildman–Crippen LogP) is 2.78. The number of anilines is 1. The van der Waals surface area contributed by atoms with E-state index < -0.39 is 0 Å². The highest BCUT2D eigenvalue weighted by Crippen LogP contribution is 2.13. The van der Waals surface area contributed by atoms with Crippen LogP contribution in [0.1, 0.15) is 21.6 Å². The molecule has 2 rings (SSSR count). The number of nitrogens with one attached hydrogen (secondary N) is 1. The Kier molecular flexibility index (Phi) is 4.53. The summed E-state index contributed by atoms with van der Waals surface area (Å²) < 4.78 is 5.04. The van der Waals surface area contributed by atoms with Crippen molar-refractivity contribution >= 4 is 23.5 Å². The topological polar surface area (TPSA) is 64.1 Å². The van der Waals surface area contributed by atoms with E-state index in [9.17, 15) is 4.79 Å². The Hall–Kier alpha value is -2.14. The van der Waals surface area contributed by atoms with Gasteiger partial charge in [0.25, 0.3) is 5.91 Å². The number of ether oxygens (including phenoxy) is 1. The minimum absolute atomic E-state index is 0.211. The number of carbonyl (C=O) groups is 1. The summed E-state index contributed by atoms with van der Waals surface area (Å²) in [4.78, 5) is 20.3. The Morgan fingerprint density at radius 3 is 2.85 bits per heavy atom. The van der Waals surface area contributed by atoms with Gasteiger partial charge in [0.1, 0.15) is 0 Å². The number of aryl methyl sites for hydroxylation is 1. The number of benzene rings is 1. The minimum atomic E-state index is -0.287. The molecule has 6 heteroatoms. The third-order valence-corrected chi connectivity index (χ3v) is 2.92. The molecule has 0 bridgehead atoms. The van der Waals surface area contributed by atoms with Gasteiger partial charge in [-0.2, -0.15) is 4.98 Å². The van der Waals surface area contributed by atoms with Gasteiger partial charge in [-0.15, -0.1) is 11.6 Å². The molecule has 0 unspecified atom stereocenters. The van der Waals surface area contributed by atoms with Crippen LogP contribution < -0.4 is 10.1 Å². The average Bonchev–Trinajstić information content (AvgIpc) is 2.46. The highest BCUT2D eigenvalue weighted by Gasteiger charge is 2.10. The number of aromatic nitrogens is 2. The summed E-state index contributed by atoms with van der Waals surface area (Å²) in [6.45, 7) is 1.80. The maximum absolute atomic E-state index is 12.1. The highest BCUT2D eigenvalue weighted by atomic mass is 35.5. The molecule has 0 aliphatic heterocycles. The lowest BCUT2D eigenvalue weighted by Crippen LogP contribution is -2.15. The number of nitrogens with zero attached hydrogens (tertiary/aromatic N) is 2. The molecular formula is C14H14ClN3O2. The first-order valence-corrected chi connectivity index (χ1v) is 6.51. The van der Waals surface area contributed by atoms with Crippen LogP contribution in [0.4, 0.5) is 5.95 Å². The van der Waals surface area contributed by atoms with Gasteiger partial charge in [-0.25, -0.2) is 4.98 Å². The molecule has 1 amide bonds. The third kappa shape index (κ3) is 3.45. The maximum atomic E-state index is 12.1. The van der Waals surface area contributed by atoms with E-state index in [4.69, 9.17) is 16.3 Å². The molecule has 20 heavy (non-hydrogen) atoms. The van der Waals surface area contributed by atoms with Crippen LogP contribution in [0.3, 0.4) is 0 Å². The van der Waals surface area contributed by atoms with Gasteiger partial charge in [-0.1, -0.05) is 12.1 Å². The Morgan fingerprint density at radius 1 is 1.35 bits per heavy atom. The summed E-state index contributed by atoms with van der Waals surface area (Å²) in [5, 5.41) is 2.64. The largest absolute Gasteiger partial charge is 0.481 e. The van der Waals surface area contributed by atoms with Crippen LogP contribution in [0.15, 0.2) is 30.3 Å². The Labute approximate surface area is 122 Å². The van der Waals surface area contributed by atoms with E-state index in [1.165, 1.54) is 7.11 Å². The summed E-state index contributed by atoms with van der Waals surface area (Å²) in [5.41, 5.74) is 2.09. The van der Waals surface area contributed by atoms with Gasteiger partial charge in [0.15, 0.2) is 0 Å². The average molecular weight is 292 g/mol. The molecule has 1 aromatic carbocycles. The fourth-order valence-electron chi connectivity index (χ4n) is 1.67. The smallest absolute Gasteiger partial charge is 0.258 e. The molecule has 0 saturated heterocycles. The first kappa shape index (κ1) is 14.3. The summed E-state index contributed by atoms with van der Waals surface area (Å²) in [6.07, 6.45) is 0. The number of amides is 1. The van der Waals surface area contributed by atoms with Gasteiger partial charge < -0.3 is 4.74 Å². The molecule has 2 aromatic rings. The molecule has 0 aliphatic rings. The van der Waals surface area contributed by atoms with E-state index in [0.717, 1.165) is 5.56 Å². The third-order valence-electron chi connectivity index (χ3n) is 2.61. The van der Waals surface area contributed by atoms with Gasteiger partial charge in [0.2, 0.25) is 11.8 Å². The van der Waals surface area contributed by atoms with Crippen molar-refractivity contribution in [3.8, 4) is 5.88 Å².